The number of ether oxygens (including phenoxy) is 1. The van der Waals surface area contributed by atoms with Crippen LogP contribution in [0.1, 0.15) is 59.4 Å². The standard InChI is InChI=1S/C26H33N3O5S/c1-16-11-17(2)15-29(14-16)35(32,33)24-13-20(7-10-23(24)34-4)26(31)28-22-12-19(6-5-18(22)3)25(30)27-21-8-9-21/h5-7,10,12-13,16-17,21H,8-9,11,14-15H2,1-4H3,(H,27,30)(H,28,31). The molecule has 2 unspecified atom stereocenters. The average molecular weight is 500 g/mol. The molecule has 9 heteroatoms. The van der Waals surface area contributed by atoms with Crippen molar-refractivity contribution in [1.29, 1.82) is 0 Å². The van der Waals surface area contributed by atoms with Crippen LogP contribution in [-0.4, -0.2) is 50.8 Å². The van der Waals surface area contributed by atoms with Crippen molar-refractivity contribution in [2.45, 2.75) is 51.0 Å². The number of hydrogen-bond donors (Lipinski definition) is 2. The molecule has 2 N–H and O–H groups in total. The lowest BCUT2D eigenvalue weighted by Gasteiger charge is -2.34. The fourth-order valence-electron chi connectivity index (χ4n) is 4.55. The molecular formula is C26H33N3O5S. The van der Waals surface area contributed by atoms with E-state index in [-0.39, 0.29) is 40.0 Å². The molecule has 1 aliphatic carbocycles. The van der Waals surface area contributed by atoms with E-state index in [1.807, 2.05) is 20.8 Å². The first-order valence-electron chi connectivity index (χ1n) is 12.0. The van der Waals surface area contributed by atoms with Crippen LogP contribution in [0.25, 0.3) is 0 Å². The molecule has 4 rings (SSSR count). The summed E-state index contributed by atoms with van der Waals surface area (Å²) in [5.74, 6) is 0.0530. The van der Waals surface area contributed by atoms with Crippen LogP contribution in [0.15, 0.2) is 41.3 Å². The van der Waals surface area contributed by atoms with Crippen LogP contribution in [0.4, 0.5) is 5.69 Å². The fraction of sp³-hybridized carbons (Fsp3) is 0.462. The van der Waals surface area contributed by atoms with Crippen molar-refractivity contribution in [2.75, 3.05) is 25.5 Å². The summed E-state index contributed by atoms with van der Waals surface area (Å²) in [7, 11) is -2.44. The van der Waals surface area contributed by atoms with Crippen molar-refractivity contribution >= 4 is 27.5 Å². The quantitative estimate of drug-likeness (QED) is 0.603. The third kappa shape index (κ3) is 5.67. The number of nitrogens with zero attached hydrogens (tertiary/aromatic N) is 1. The number of piperidine rings is 1. The lowest BCUT2D eigenvalue weighted by Crippen LogP contribution is -2.42. The Morgan fingerprint density at radius 2 is 1.60 bits per heavy atom. The van der Waals surface area contributed by atoms with E-state index < -0.39 is 15.9 Å². The largest absolute Gasteiger partial charge is 0.495 e. The van der Waals surface area contributed by atoms with Gasteiger partial charge in [0.15, 0.2) is 0 Å². The molecule has 2 aromatic carbocycles. The van der Waals surface area contributed by atoms with Crippen molar-refractivity contribution < 1.29 is 22.7 Å². The second kappa shape index (κ2) is 9.99. The van der Waals surface area contributed by atoms with E-state index in [4.69, 9.17) is 4.74 Å². The van der Waals surface area contributed by atoms with E-state index in [9.17, 15) is 18.0 Å². The first-order valence-corrected chi connectivity index (χ1v) is 13.4. The maximum atomic E-state index is 13.5. The number of benzene rings is 2. The molecule has 8 nitrogen and oxygen atoms in total. The summed E-state index contributed by atoms with van der Waals surface area (Å²) in [4.78, 5) is 25.5. The molecule has 188 valence electrons. The van der Waals surface area contributed by atoms with Crippen LogP contribution in [0.5, 0.6) is 5.75 Å². The molecule has 0 aromatic heterocycles. The summed E-state index contributed by atoms with van der Waals surface area (Å²) in [6, 6.07) is 9.78. The number of nitrogens with one attached hydrogen (secondary N) is 2. The van der Waals surface area contributed by atoms with Crippen molar-refractivity contribution in [3.8, 4) is 5.75 Å². The molecule has 2 fully saturated rings. The van der Waals surface area contributed by atoms with Gasteiger partial charge in [0.25, 0.3) is 11.8 Å². The molecule has 1 heterocycles. The third-order valence-corrected chi connectivity index (χ3v) is 8.39. The lowest BCUT2D eigenvalue weighted by atomic mass is 9.94. The molecule has 35 heavy (non-hydrogen) atoms. The number of sulfonamides is 1. The van der Waals surface area contributed by atoms with Crippen LogP contribution in [-0.2, 0) is 10.0 Å². The molecule has 1 aliphatic heterocycles. The molecule has 0 bridgehead atoms. The van der Waals surface area contributed by atoms with Gasteiger partial charge in [0.2, 0.25) is 10.0 Å². The van der Waals surface area contributed by atoms with Crippen LogP contribution < -0.4 is 15.4 Å². The van der Waals surface area contributed by atoms with E-state index in [0.717, 1.165) is 24.8 Å². The Balaban J connectivity index is 1.59. The van der Waals surface area contributed by atoms with Gasteiger partial charge in [0.1, 0.15) is 10.6 Å². The van der Waals surface area contributed by atoms with Crippen LogP contribution in [0.2, 0.25) is 0 Å². The van der Waals surface area contributed by atoms with Crippen molar-refractivity contribution in [3.05, 3.63) is 53.1 Å². The van der Waals surface area contributed by atoms with Gasteiger partial charge in [-0.3, -0.25) is 9.59 Å². The van der Waals surface area contributed by atoms with Crippen molar-refractivity contribution in [3.63, 3.8) is 0 Å². The molecular weight excluding hydrogens is 466 g/mol. The number of hydrogen-bond acceptors (Lipinski definition) is 5. The monoisotopic (exact) mass is 499 g/mol. The summed E-state index contributed by atoms with van der Waals surface area (Å²) in [5.41, 5.74) is 1.94. The van der Waals surface area contributed by atoms with E-state index in [1.54, 1.807) is 18.2 Å². The molecule has 0 radical (unpaired) electrons. The fourth-order valence-corrected chi connectivity index (χ4v) is 6.41. The van der Waals surface area contributed by atoms with Gasteiger partial charge in [0.05, 0.1) is 7.11 Å². The zero-order valence-electron chi connectivity index (χ0n) is 20.6. The second-order valence-corrected chi connectivity index (χ2v) is 11.8. The number of carbonyl (C=O) groups excluding carboxylic acids is 2. The highest BCUT2D eigenvalue weighted by Gasteiger charge is 2.34. The second-order valence-electron chi connectivity index (χ2n) is 9.87. The topological polar surface area (TPSA) is 105 Å². The highest BCUT2D eigenvalue weighted by Crippen LogP contribution is 2.32. The highest BCUT2D eigenvalue weighted by molar-refractivity contribution is 7.89. The summed E-state index contributed by atoms with van der Waals surface area (Å²) >= 11 is 0. The van der Waals surface area contributed by atoms with Gasteiger partial charge in [-0.15, -0.1) is 0 Å². The minimum absolute atomic E-state index is 0.0248. The third-order valence-electron chi connectivity index (χ3n) is 6.54. The van der Waals surface area contributed by atoms with Gasteiger partial charge >= 0.3 is 0 Å². The van der Waals surface area contributed by atoms with Gasteiger partial charge in [-0.1, -0.05) is 19.9 Å². The summed E-state index contributed by atoms with van der Waals surface area (Å²) < 4.78 is 33.9. The van der Waals surface area contributed by atoms with E-state index in [2.05, 4.69) is 10.6 Å². The van der Waals surface area contributed by atoms with Gasteiger partial charge < -0.3 is 15.4 Å². The van der Waals surface area contributed by atoms with Gasteiger partial charge in [-0.05, 0) is 73.9 Å². The molecule has 1 saturated carbocycles. The Morgan fingerprint density at radius 1 is 0.971 bits per heavy atom. The zero-order valence-corrected chi connectivity index (χ0v) is 21.4. The summed E-state index contributed by atoms with van der Waals surface area (Å²) in [6.45, 7) is 6.78. The Morgan fingerprint density at radius 3 is 2.23 bits per heavy atom. The SMILES string of the molecule is COc1ccc(C(=O)Nc2cc(C(=O)NC3CC3)ccc2C)cc1S(=O)(=O)N1CC(C)CC(C)C1. The van der Waals surface area contributed by atoms with Gasteiger partial charge in [-0.25, -0.2) is 8.42 Å². The first-order chi connectivity index (χ1) is 16.6. The number of methoxy groups -OCH3 is 1. The number of rotatable bonds is 7. The Kier molecular flexibility index (Phi) is 7.19. The maximum absolute atomic E-state index is 13.5. The minimum atomic E-state index is -3.86. The van der Waals surface area contributed by atoms with E-state index >= 15 is 0 Å². The average Bonchev–Trinajstić information content (AvgIpc) is 3.63. The summed E-state index contributed by atoms with van der Waals surface area (Å²) in [5, 5.41) is 5.77. The minimum Gasteiger partial charge on any atom is -0.495 e. The number of aryl methyl sites for hydroxylation is 1. The smallest absolute Gasteiger partial charge is 0.255 e. The summed E-state index contributed by atoms with van der Waals surface area (Å²) in [6.07, 6.45) is 2.95. The van der Waals surface area contributed by atoms with Crippen molar-refractivity contribution in [1.82, 2.24) is 9.62 Å². The number of amides is 2. The van der Waals surface area contributed by atoms with Gasteiger partial charge in [0, 0.05) is 35.9 Å². The molecule has 2 aromatic rings. The molecule has 0 spiro atoms. The zero-order chi connectivity index (χ0) is 25.3. The predicted molar refractivity (Wildman–Crippen MR) is 134 cm³/mol. The Hall–Kier alpha value is -2.91. The predicted octanol–water partition coefficient (Wildman–Crippen LogP) is 3.81. The Bertz CT molecular complexity index is 1230. The van der Waals surface area contributed by atoms with Crippen molar-refractivity contribution in [2.24, 2.45) is 11.8 Å². The van der Waals surface area contributed by atoms with Crippen LogP contribution in [0, 0.1) is 18.8 Å². The number of carbonyl (C=O) groups is 2. The molecule has 2 amide bonds. The van der Waals surface area contributed by atoms with Crippen LogP contribution >= 0.6 is 0 Å². The normalized spacial score (nSPS) is 20.8. The maximum Gasteiger partial charge on any atom is 0.255 e. The Labute approximate surface area is 207 Å². The van der Waals surface area contributed by atoms with E-state index in [0.29, 0.717) is 24.3 Å². The lowest BCUT2D eigenvalue weighted by molar-refractivity contribution is 0.0949. The molecule has 2 aliphatic rings. The van der Waals surface area contributed by atoms with Gasteiger partial charge in [-0.2, -0.15) is 4.31 Å². The first kappa shape index (κ1) is 25.2. The van der Waals surface area contributed by atoms with Crippen LogP contribution in [0.3, 0.4) is 0 Å². The highest BCUT2D eigenvalue weighted by atomic mass is 32.2. The number of anilines is 1. The van der Waals surface area contributed by atoms with E-state index in [1.165, 1.54) is 29.6 Å². The molecule has 2 atom stereocenters. The molecule has 1 saturated heterocycles.